The third-order valence-electron chi connectivity index (χ3n) is 2.07. The fraction of sp³-hybridized carbons (Fsp3) is 0.900. The summed E-state index contributed by atoms with van der Waals surface area (Å²) < 4.78 is 21.0. The number of hydrogen-bond acceptors (Lipinski definition) is 4. The van der Waals surface area contributed by atoms with E-state index in [1.165, 1.54) is 7.11 Å². The van der Waals surface area contributed by atoms with Crippen molar-refractivity contribution in [3.8, 4) is 0 Å². The fourth-order valence-corrected chi connectivity index (χ4v) is 2.32. The highest BCUT2D eigenvalue weighted by Crippen LogP contribution is 2.05. The molecule has 15 heavy (non-hydrogen) atoms. The van der Waals surface area contributed by atoms with Crippen molar-refractivity contribution in [2.75, 3.05) is 26.6 Å². The first-order valence-electron chi connectivity index (χ1n) is 5.04. The summed E-state index contributed by atoms with van der Waals surface area (Å²) in [5.41, 5.74) is 0. The summed E-state index contributed by atoms with van der Waals surface area (Å²) in [5, 5.41) is -0.125. The molecule has 0 rings (SSSR count). The van der Waals surface area contributed by atoms with Crippen LogP contribution in [0.15, 0.2) is 0 Å². The minimum atomic E-state index is -0.947. The fourth-order valence-electron chi connectivity index (χ4n) is 1.10. The van der Waals surface area contributed by atoms with Gasteiger partial charge in [0.25, 0.3) is 0 Å². The molecule has 4 nitrogen and oxygen atoms in total. The summed E-state index contributed by atoms with van der Waals surface area (Å²) in [7, 11) is 2.05. The molecular formula is C10H20O4S. The van der Waals surface area contributed by atoms with Gasteiger partial charge in [0, 0.05) is 35.5 Å². The van der Waals surface area contributed by atoms with Crippen LogP contribution < -0.4 is 0 Å². The Morgan fingerprint density at radius 2 is 2.00 bits per heavy atom. The number of unbranched alkanes of at least 4 members (excludes halogenated alkanes) is 1. The molecule has 0 amide bonds. The maximum absolute atomic E-state index is 11.6. The van der Waals surface area contributed by atoms with Crippen LogP contribution in [0.2, 0.25) is 0 Å². The third kappa shape index (κ3) is 7.50. The maximum Gasteiger partial charge on any atom is 0.306 e. The molecule has 0 saturated heterocycles. The van der Waals surface area contributed by atoms with Crippen molar-refractivity contribution in [1.82, 2.24) is 0 Å². The molecular weight excluding hydrogens is 216 g/mol. The molecule has 0 spiro atoms. The largest absolute Gasteiger partial charge is 0.469 e. The van der Waals surface area contributed by atoms with Gasteiger partial charge in [-0.1, -0.05) is 6.92 Å². The van der Waals surface area contributed by atoms with Gasteiger partial charge in [0.05, 0.1) is 13.5 Å². The molecule has 0 radical (unpaired) electrons. The first-order valence-corrected chi connectivity index (χ1v) is 6.43. The molecule has 0 aliphatic rings. The topological polar surface area (TPSA) is 52.6 Å². The summed E-state index contributed by atoms with van der Waals surface area (Å²) in [6, 6.07) is 0. The van der Waals surface area contributed by atoms with Crippen molar-refractivity contribution in [1.29, 1.82) is 0 Å². The standard InChI is InChI=1S/C10H20O4S/c1-9(8-10(11)14-3)15(12)7-5-4-6-13-2/h9H,4-8H2,1-3H3. The first-order chi connectivity index (χ1) is 7.11. The summed E-state index contributed by atoms with van der Waals surface area (Å²) >= 11 is 0. The summed E-state index contributed by atoms with van der Waals surface area (Å²) in [4.78, 5) is 10.9. The van der Waals surface area contributed by atoms with Gasteiger partial charge < -0.3 is 9.47 Å². The highest BCUT2D eigenvalue weighted by Gasteiger charge is 2.15. The van der Waals surface area contributed by atoms with E-state index in [2.05, 4.69) is 4.74 Å². The van der Waals surface area contributed by atoms with Gasteiger partial charge >= 0.3 is 5.97 Å². The van der Waals surface area contributed by atoms with Crippen molar-refractivity contribution in [3.63, 3.8) is 0 Å². The number of hydrogen-bond donors (Lipinski definition) is 0. The second kappa shape index (κ2) is 8.85. The monoisotopic (exact) mass is 236 g/mol. The van der Waals surface area contributed by atoms with Gasteiger partial charge in [0.15, 0.2) is 0 Å². The molecule has 0 fully saturated rings. The van der Waals surface area contributed by atoms with Gasteiger partial charge in [-0.2, -0.15) is 0 Å². The van der Waals surface area contributed by atoms with Crippen molar-refractivity contribution in [2.24, 2.45) is 0 Å². The lowest BCUT2D eigenvalue weighted by Crippen LogP contribution is -2.19. The molecule has 90 valence electrons. The van der Waals surface area contributed by atoms with Crippen molar-refractivity contribution in [3.05, 3.63) is 0 Å². The zero-order valence-electron chi connectivity index (χ0n) is 9.65. The van der Waals surface area contributed by atoms with E-state index in [4.69, 9.17) is 4.74 Å². The van der Waals surface area contributed by atoms with Crippen LogP contribution in [0, 0.1) is 0 Å². The van der Waals surface area contributed by atoms with E-state index in [0.717, 1.165) is 12.8 Å². The molecule has 0 heterocycles. The van der Waals surface area contributed by atoms with Crippen LogP contribution in [0.1, 0.15) is 26.2 Å². The molecule has 0 saturated carbocycles. The second-order valence-electron chi connectivity index (χ2n) is 3.38. The predicted octanol–water partition coefficient (Wildman–Crippen LogP) is 1.11. The molecule has 0 N–H and O–H groups in total. The SMILES string of the molecule is COCCCCS(=O)C(C)CC(=O)OC. The maximum atomic E-state index is 11.6. The van der Waals surface area contributed by atoms with Gasteiger partial charge in [-0.3, -0.25) is 9.00 Å². The smallest absolute Gasteiger partial charge is 0.306 e. The molecule has 0 aromatic rings. The number of carbonyl (C=O) groups excluding carboxylic acids is 1. The Morgan fingerprint density at radius 1 is 1.33 bits per heavy atom. The molecule has 2 unspecified atom stereocenters. The zero-order chi connectivity index (χ0) is 11.7. The van der Waals surface area contributed by atoms with Gasteiger partial charge in [-0.05, 0) is 12.8 Å². The Morgan fingerprint density at radius 3 is 2.53 bits per heavy atom. The molecule has 0 aliphatic carbocycles. The van der Waals surface area contributed by atoms with Gasteiger partial charge in [-0.15, -0.1) is 0 Å². The van der Waals surface area contributed by atoms with E-state index in [-0.39, 0.29) is 17.6 Å². The molecule has 0 bridgehead atoms. The van der Waals surface area contributed by atoms with Crippen LogP contribution in [-0.4, -0.2) is 42.0 Å². The quantitative estimate of drug-likeness (QED) is 0.468. The average molecular weight is 236 g/mol. The van der Waals surface area contributed by atoms with E-state index < -0.39 is 10.8 Å². The lowest BCUT2D eigenvalue weighted by Gasteiger charge is -2.09. The normalized spacial score (nSPS) is 14.6. The zero-order valence-corrected chi connectivity index (χ0v) is 10.5. The van der Waals surface area contributed by atoms with E-state index >= 15 is 0 Å². The Bertz CT molecular complexity index is 206. The second-order valence-corrected chi connectivity index (χ2v) is 5.35. The Labute approximate surface area is 93.8 Å². The van der Waals surface area contributed by atoms with Gasteiger partial charge in [0.2, 0.25) is 0 Å². The molecule has 2 atom stereocenters. The highest BCUT2D eigenvalue weighted by atomic mass is 32.2. The summed E-state index contributed by atoms with van der Waals surface area (Å²) in [5.74, 6) is 0.328. The number of rotatable bonds is 8. The average Bonchev–Trinajstić information content (AvgIpc) is 2.23. The van der Waals surface area contributed by atoms with Crippen LogP contribution in [0.4, 0.5) is 0 Å². The predicted molar refractivity (Wildman–Crippen MR) is 60.2 cm³/mol. The van der Waals surface area contributed by atoms with E-state index in [1.807, 2.05) is 6.92 Å². The summed E-state index contributed by atoms with van der Waals surface area (Å²) in [6.45, 7) is 2.51. The Hall–Kier alpha value is -0.420. The van der Waals surface area contributed by atoms with Gasteiger partial charge in [0.1, 0.15) is 0 Å². The first kappa shape index (κ1) is 14.6. The van der Waals surface area contributed by atoms with E-state index in [9.17, 15) is 9.00 Å². The van der Waals surface area contributed by atoms with Crippen LogP contribution in [0.25, 0.3) is 0 Å². The molecule has 0 aliphatic heterocycles. The minimum Gasteiger partial charge on any atom is -0.469 e. The van der Waals surface area contributed by atoms with Crippen molar-refractivity contribution >= 4 is 16.8 Å². The molecule has 0 aromatic heterocycles. The van der Waals surface area contributed by atoms with Crippen LogP contribution in [0.3, 0.4) is 0 Å². The molecule has 5 heteroatoms. The van der Waals surface area contributed by atoms with E-state index in [1.54, 1.807) is 7.11 Å². The van der Waals surface area contributed by atoms with Crippen molar-refractivity contribution < 1.29 is 18.5 Å². The van der Waals surface area contributed by atoms with Crippen LogP contribution in [0.5, 0.6) is 0 Å². The lowest BCUT2D eigenvalue weighted by molar-refractivity contribution is -0.140. The number of methoxy groups -OCH3 is 2. The molecule has 0 aromatic carbocycles. The van der Waals surface area contributed by atoms with Crippen LogP contribution >= 0.6 is 0 Å². The number of carbonyl (C=O) groups is 1. The van der Waals surface area contributed by atoms with Gasteiger partial charge in [-0.25, -0.2) is 0 Å². The van der Waals surface area contributed by atoms with Crippen molar-refractivity contribution in [2.45, 2.75) is 31.4 Å². The highest BCUT2D eigenvalue weighted by molar-refractivity contribution is 7.85. The number of esters is 1. The Balaban J connectivity index is 3.64. The number of ether oxygens (including phenoxy) is 2. The third-order valence-corrected chi connectivity index (χ3v) is 3.83. The van der Waals surface area contributed by atoms with Crippen LogP contribution in [-0.2, 0) is 25.1 Å². The van der Waals surface area contributed by atoms with E-state index in [0.29, 0.717) is 12.4 Å². The minimum absolute atomic E-state index is 0.125. The lowest BCUT2D eigenvalue weighted by atomic mass is 10.3. The summed E-state index contributed by atoms with van der Waals surface area (Å²) in [6.07, 6.45) is 2.01. The Kier molecular flexibility index (Phi) is 8.61.